The molecule has 2 aromatic heterocycles. The number of aryl methyl sites for hydroxylation is 1. The Morgan fingerprint density at radius 3 is 2.59 bits per heavy atom. The minimum Gasteiger partial charge on any atom is -0.448 e. The molecule has 0 fully saturated rings. The highest BCUT2D eigenvalue weighted by Gasteiger charge is 2.24. The number of carbonyl (C=O) groups is 2. The van der Waals surface area contributed by atoms with Crippen LogP contribution >= 0.6 is 11.3 Å². The van der Waals surface area contributed by atoms with E-state index in [1.165, 1.54) is 11.3 Å². The highest BCUT2D eigenvalue weighted by Crippen LogP contribution is 2.30. The summed E-state index contributed by atoms with van der Waals surface area (Å²) in [5.41, 5.74) is 1.39. The number of hydrogen-bond acceptors (Lipinski definition) is 6. The second-order valence-corrected chi connectivity index (χ2v) is 9.69. The predicted octanol–water partition coefficient (Wildman–Crippen LogP) is 4.47. The van der Waals surface area contributed by atoms with Gasteiger partial charge in [-0.15, -0.1) is 11.3 Å². The number of ether oxygens (including phenoxy) is 1. The number of carbonyl (C=O) groups excluding carboxylic acids is 2. The van der Waals surface area contributed by atoms with E-state index in [1.54, 1.807) is 12.4 Å². The Bertz CT molecular complexity index is 1020. The molecule has 0 radical (unpaired) electrons. The number of alkyl carbamates (subject to hydrolysis) is 1. The minimum absolute atomic E-state index is 0.0871. The lowest BCUT2D eigenvalue weighted by Gasteiger charge is -2.22. The maximum Gasteiger partial charge on any atom is 0.407 e. The van der Waals surface area contributed by atoms with Gasteiger partial charge >= 0.3 is 6.09 Å². The van der Waals surface area contributed by atoms with Crippen LogP contribution in [0.1, 0.15) is 44.2 Å². The van der Waals surface area contributed by atoms with E-state index in [0.29, 0.717) is 11.4 Å². The first kappa shape index (κ1) is 23.7. The van der Waals surface area contributed by atoms with Crippen LogP contribution in [0.25, 0.3) is 10.1 Å². The minimum atomic E-state index is -0.670. The Kier molecular flexibility index (Phi) is 7.82. The number of aliphatic hydroxyl groups is 1. The highest BCUT2D eigenvalue weighted by atomic mass is 32.1. The van der Waals surface area contributed by atoms with Crippen LogP contribution in [0.5, 0.6) is 0 Å². The summed E-state index contributed by atoms with van der Waals surface area (Å²) in [5.74, 6) is -0.924. The number of rotatable bonds is 8. The third-order valence-electron chi connectivity index (χ3n) is 4.75. The molecule has 170 valence electrons. The first-order valence-corrected chi connectivity index (χ1v) is 11.4. The van der Waals surface area contributed by atoms with Crippen LogP contribution < -0.4 is 10.6 Å². The van der Waals surface area contributed by atoms with Crippen molar-refractivity contribution >= 4 is 38.4 Å². The Balaban J connectivity index is 1.76. The van der Waals surface area contributed by atoms with Gasteiger partial charge in [-0.3, -0.25) is 9.78 Å². The molecule has 3 N–H and O–H groups in total. The van der Waals surface area contributed by atoms with Gasteiger partial charge in [0.15, 0.2) is 0 Å². The molecule has 3 aromatic rings. The maximum absolute atomic E-state index is 13.2. The Morgan fingerprint density at radius 1 is 1.19 bits per heavy atom. The fraction of sp³-hybridized carbons (Fsp3) is 0.375. The molecule has 0 aliphatic heterocycles. The number of nitrogens with one attached hydrogen (secondary N) is 2. The molecule has 1 atom stereocenters. The fourth-order valence-electron chi connectivity index (χ4n) is 3.18. The molecule has 0 aliphatic rings. The molecule has 7 nitrogen and oxygen atoms in total. The average Bonchev–Trinajstić information content (AvgIpc) is 3.14. The van der Waals surface area contributed by atoms with Crippen LogP contribution in [-0.4, -0.2) is 40.8 Å². The third-order valence-corrected chi connectivity index (χ3v) is 5.75. The number of amides is 2. The molecular weight excluding hydrogens is 426 g/mol. The number of aliphatic hydroxyl groups excluding tert-OH is 1. The van der Waals surface area contributed by atoms with E-state index in [1.807, 2.05) is 57.2 Å². The molecule has 0 spiro atoms. The van der Waals surface area contributed by atoms with Crippen LogP contribution in [0.4, 0.5) is 9.80 Å². The van der Waals surface area contributed by atoms with Crippen molar-refractivity contribution < 1.29 is 19.4 Å². The van der Waals surface area contributed by atoms with Crippen molar-refractivity contribution in [3.05, 3.63) is 59.9 Å². The molecule has 1 unspecified atom stereocenters. The quantitative estimate of drug-likeness (QED) is 0.465. The second kappa shape index (κ2) is 10.6. The van der Waals surface area contributed by atoms with E-state index in [4.69, 9.17) is 9.84 Å². The fourth-order valence-corrected chi connectivity index (χ4v) is 4.11. The van der Waals surface area contributed by atoms with Crippen LogP contribution in [0.15, 0.2) is 48.8 Å². The van der Waals surface area contributed by atoms with Crippen LogP contribution in [0.3, 0.4) is 0 Å². The summed E-state index contributed by atoms with van der Waals surface area (Å²) in [6.45, 7) is 5.63. The van der Waals surface area contributed by atoms with E-state index in [-0.39, 0.29) is 19.1 Å². The van der Waals surface area contributed by atoms with Gasteiger partial charge in [0.25, 0.3) is 0 Å². The van der Waals surface area contributed by atoms with Crippen LogP contribution in [0.2, 0.25) is 0 Å². The first-order chi connectivity index (χ1) is 15.2. The summed E-state index contributed by atoms with van der Waals surface area (Å²) in [6.07, 6.45) is 4.35. The molecule has 0 saturated heterocycles. The van der Waals surface area contributed by atoms with E-state index < -0.39 is 17.6 Å². The summed E-state index contributed by atoms with van der Waals surface area (Å²) in [6, 6.07) is 11.4. The number of nitrogens with zero attached hydrogens (tertiary/aromatic N) is 1. The zero-order valence-electron chi connectivity index (χ0n) is 18.6. The third kappa shape index (κ3) is 6.77. The van der Waals surface area contributed by atoms with Crippen molar-refractivity contribution in [3.63, 3.8) is 0 Å². The smallest absolute Gasteiger partial charge is 0.407 e. The summed E-state index contributed by atoms with van der Waals surface area (Å²) in [4.78, 5) is 29.5. The van der Waals surface area contributed by atoms with Gasteiger partial charge in [-0.25, -0.2) is 4.79 Å². The van der Waals surface area contributed by atoms with Gasteiger partial charge in [-0.1, -0.05) is 24.3 Å². The monoisotopic (exact) mass is 455 g/mol. The number of aromatic nitrogens is 1. The lowest BCUT2D eigenvalue weighted by atomic mass is 9.97. The number of hydrogen-bond donors (Lipinski definition) is 3. The number of fused-ring (bicyclic) bond motifs is 1. The molecule has 2 heterocycles. The van der Waals surface area contributed by atoms with Gasteiger partial charge in [0.05, 0.1) is 15.6 Å². The van der Waals surface area contributed by atoms with Crippen molar-refractivity contribution in [3.8, 4) is 0 Å². The van der Waals surface area contributed by atoms with Gasteiger partial charge in [0.2, 0.25) is 5.91 Å². The Morgan fingerprint density at radius 2 is 1.94 bits per heavy atom. The molecule has 3 rings (SSSR count). The predicted molar refractivity (Wildman–Crippen MR) is 127 cm³/mol. The van der Waals surface area contributed by atoms with E-state index >= 15 is 0 Å². The maximum atomic E-state index is 13.2. The van der Waals surface area contributed by atoms with Crippen molar-refractivity contribution in [2.24, 2.45) is 0 Å². The number of pyridine rings is 1. The SMILES string of the molecule is CC(C)(C)NC(=O)OCC(C(=O)Nc1cc2ccncc2s1)c1ccc(CCCO)cc1. The Labute approximate surface area is 191 Å². The molecule has 8 heteroatoms. The van der Waals surface area contributed by atoms with Crippen molar-refractivity contribution in [2.75, 3.05) is 18.5 Å². The number of anilines is 1. The van der Waals surface area contributed by atoms with E-state index in [9.17, 15) is 9.59 Å². The average molecular weight is 456 g/mol. The number of benzene rings is 1. The highest BCUT2D eigenvalue weighted by molar-refractivity contribution is 7.22. The van der Waals surface area contributed by atoms with Gasteiger partial charge < -0.3 is 20.5 Å². The second-order valence-electron chi connectivity index (χ2n) is 8.61. The van der Waals surface area contributed by atoms with Crippen LogP contribution in [0, 0.1) is 0 Å². The van der Waals surface area contributed by atoms with E-state index in [0.717, 1.165) is 27.6 Å². The summed E-state index contributed by atoms with van der Waals surface area (Å²) >= 11 is 1.44. The number of thiophene rings is 1. The molecule has 0 aliphatic carbocycles. The topological polar surface area (TPSA) is 101 Å². The molecule has 32 heavy (non-hydrogen) atoms. The lowest BCUT2D eigenvalue weighted by molar-refractivity contribution is -0.118. The lowest BCUT2D eigenvalue weighted by Crippen LogP contribution is -2.41. The van der Waals surface area contributed by atoms with Crippen molar-refractivity contribution in [1.29, 1.82) is 0 Å². The van der Waals surface area contributed by atoms with Gasteiger partial charge in [-0.2, -0.15) is 0 Å². The summed E-state index contributed by atoms with van der Waals surface area (Å²) in [5, 5.41) is 16.4. The zero-order valence-corrected chi connectivity index (χ0v) is 19.4. The zero-order chi connectivity index (χ0) is 23.1. The summed E-state index contributed by atoms with van der Waals surface area (Å²) in [7, 11) is 0. The first-order valence-electron chi connectivity index (χ1n) is 10.5. The summed E-state index contributed by atoms with van der Waals surface area (Å²) < 4.78 is 6.38. The van der Waals surface area contributed by atoms with Gasteiger partial charge in [-0.05, 0) is 62.3 Å². The molecule has 2 amide bonds. The largest absolute Gasteiger partial charge is 0.448 e. The van der Waals surface area contributed by atoms with Crippen molar-refractivity contribution in [1.82, 2.24) is 10.3 Å². The molecule has 0 saturated carbocycles. The Hall–Kier alpha value is -2.97. The van der Waals surface area contributed by atoms with Gasteiger partial charge in [0, 0.05) is 24.5 Å². The normalized spacial score (nSPS) is 12.4. The molecule has 1 aromatic carbocycles. The van der Waals surface area contributed by atoms with Crippen molar-refractivity contribution in [2.45, 2.75) is 45.1 Å². The molecule has 0 bridgehead atoms. The van der Waals surface area contributed by atoms with Gasteiger partial charge in [0.1, 0.15) is 6.61 Å². The van der Waals surface area contributed by atoms with Crippen LogP contribution in [-0.2, 0) is 16.0 Å². The standard InChI is InChI=1S/C24H29N3O4S/c1-24(2,3)27-23(30)31-15-19(17-8-6-16(7-9-17)5-4-12-28)22(29)26-21-13-18-10-11-25-14-20(18)32-21/h6-11,13-14,19,28H,4-5,12,15H2,1-3H3,(H,26,29)(H,27,30). The molecular formula is C24H29N3O4S. The van der Waals surface area contributed by atoms with E-state index in [2.05, 4.69) is 15.6 Å².